The van der Waals surface area contributed by atoms with E-state index in [1.54, 1.807) is 12.1 Å². The van der Waals surface area contributed by atoms with Gasteiger partial charge in [0.05, 0.1) is 26.7 Å². The monoisotopic (exact) mass is 432 g/mol. The van der Waals surface area contributed by atoms with Gasteiger partial charge < -0.3 is 14.8 Å². The topological polar surface area (TPSA) is 84.9 Å². The highest BCUT2D eigenvalue weighted by Gasteiger charge is 2.29. The van der Waals surface area contributed by atoms with Crippen LogP contribution >= 0.6 is 0 Å². The summed E-state index contributed by atoms with van der Waals surface area (Å²) in [6.07, 6.45) is 0.0571. The van der Waals surface area contributed by atoms with Crippen molar-refractivity contribution < 1.29 is 22.7 Å². The average Bonchev–Trinajstić information content (AvgIpc) is 2.74. The predicted molar refractivity (Wildman–Crippen MR) is 115 cm³/mol. The Morgan fingerprint density at radius 3 is 2.40 bits per heavy atom. The van der Waals surface area contributed by atoms with Crippen molar-refractivity contribution >= 4 is 21.6 Å². The van der Waals surface area contributed by atoms with Gasteiger partial charge in [0.2, 0.25) is 15.9 Å². The van der Waals surface area contributed by atoms with Crippen LogP contribution in [0.5, 0.6) is 5.75 Å². The predicted octanol–water partition coefficient (Wildman–Crippen LogP) is 3.02. The van der Waals surface area contributed by atoms with Gasteiger partial charge in [-0.1, -0.05) is 32.0 Å². The molecule has 2 aromatic carbocycles. The SMILES string of the molecule is COc1ccc(CC(=O)Nc2ccc(C(C)C)cc2)cc1S(=O)(=O)N1CCOCC1. The molecule has 1 N–H and O–H groups in total. The summed E-state index contributed by atoms with van der Waals surface area (Å²) in [5, 5.41) is 2.86. The van der Waals surface area contributed by atoms with E-state index in [0.29, 0.717) is 43.5 Å². The van der Waals surface area contributed by atoms with Crippen LogP contribution in [-0.2, 0) is 26.0 Å². The smallest absolute Gasteiger partial charge is 0.246 e. The second-order valence-electron chi connectivity index (χ2n) is 7.50. The van der Waals surface area contributed by atoms with Crippen LogP contribution in [0.15, 0.2) is 47.4 Å². The molecule has 0 aromatic heterocycles. The third-order valence-electron chi connectivity index (χ3n) is 5.04. The number of anilines is 1. The fourth-order valence-electron chi connectivity index (χ4n) is 3.30. The molecule has 1 fully saturated rings. The Hall–Kier alpha value is -2.42. The molecule has 0 atom stereocenters. The first kappa shape index (κ1) is 22.3. The van der Waals surface area contributed by atoms with Gasteiger partial charge in [0.15, 0.2) is 0 Å². The Labute approximate surface area is 178 Å². The Morgan fingerprint density at radius 1 is 1.13 bits per heavy atom. The van der Waals surface area contributed by atoms with E-state index in [4.69, 9.17) is 9.47 Å². The van der Waals surface area contributed by atoms with Crippen LogP contribution in [0.4, 0.5) is 5.69 Å². The molecule has 30 heavy (non-hydrogen) atoms. The highest BCUT2D eigenvalue weighted by Crippen LogP contribution is 2.28. The van der Waals surface area contributed by atoms with Gasteiger partial charge in [-0.15, -0.1) is 0 Å². The number of carbonyl (C=O) groups excluding carboxylic acids is 1. The van der Waals surface area contributed by atoms with Crippen molar-refractivity contribution in [3.8, 4) is 5.75 Å². The Balaban J connectivity index is 1.76. The van der Waals surface area contributed by atoms with Crippen LogP contribution in [0.1, 0.15) is 30.9 Å². The molecule has 2 aromatic rings. The number of amides is 1. The number of nitrogens with one attached hydrogen (secondary N) is 1. The molecule has 8 heteroatoms. The minimum absolute atomic E-state index is 0.0571. The highest BCUT2D eigenvalue weighted by atomic mass is 32.2. The highest BCUT2D eigenvalue weighted by molar-refractivity contribution is 7.89. The molecule has 0 radical (unpaired) electrons. The van der Waals surface area contributed by atoms with E-state index in [9.17, 15) is 13.2 Å². The van der Waals surface area contributed by atoms with Gasteiger partial charge in [0.25, 0.3) is 0 Å². The quantitative estimate of drug-likeness (QED) is 0.727. The van der Waals surface area contributed by atoms with E-state index in [1.165, 1.54) is 23.0 Å². The van der Waals surface area contributed by atoms with Crippen LogP contribution < -0.4 is 10.1 Å². The first-order valence-corrected chi connectivity index (χ1v) is 11.4. The molecule has 1 heterocycles. The zero-order valence-corrected chi connectivity index (χ0v) is 18.4. The van der Waals surface area contributed by atoms with Gasteiger partial charge >= 0.3 is 0 Å². The summed E-state index contributed by atoms with van der Waals surface area (Å²) >= 11 is 0. The van der Waals surface area contributed by atoms with Crippen molar-refractivity contribution in [3.63, 3.8) is 0 Å². The average molecular weight is 433 g/mol. The molecule has 1 aliphatic rings. The maximum Gasteiger partial charge on any atom is 0.246 e. The summed E-state index contributed by atoms with van der Waals surface area (Å²) in [5.41, 5.74) is 2.50. The number of ether oxygens (including phenoxy) is 2. The molecule has 162 valence electrons. The fraction of sp³-hybridized carbons (Fsp3) is 0.409. The lowest BCUT2D eigenvalue weighted by Crippen LogP contribution is -2.40. The number of morpholine rings is 1. The van der Waals surface area contributed by atoms with Gasteiger partial charge in [-0.3, -0.25) is 4.79 Å². The van der Waals surface area contributed by atoms with E-state index in [2.05, 4.69) is 19.2 Å². The van der Waals surface area contributed by atoms with Crippen molar-refractivity contribution in [3.05, 3.63) is 53.6 Å². The molecule has 1 aliphatic heterocycles. The summed E-state index contributed by atoms with van der Waals surface area (Å²) < 4.78 is 38.0. The van der Waals surface area contributed by atoms with Crippen LogP contribution in [0.25, 0.3) is 0 Å². The molecule has 0 aliphatic carbocycles. The van der Waals surface area contributed by atoms with Crippen LogP contribution in [-0.4, -0.2) is 52.0 Å². The molecule has 1 saturated heterocycles. The van der Waals surface area contributed by atoms with E-state index in [-0.39, 0.29) is 23.0 Å². The Kier molecular flexibility index (Phi) is 7.12. The van der Waals surface area contributed by atoms with Gasteiger partial charge in [-0.25, -0.2) is 8.42 Å². The van der Waals surface area contributed by atoms with Crippen LogP contribution in [0.3, 0.4) is 0 Å². The second kappa shape index (κ2) is 9.59. The zero-order valence-electron chi connectivity index (χ0n) is 17.6. The van der Waals surface area contributed by atoms with E-state index >= 15 is 0 Å². The number of hydrogen-bond acceptors (Lipinski definition) is 5. The maximum absolute atomic E-state index is 13.1. The lowest BCUT2D eigenvalue weighted by Gasteiger charge is -2.26. The lowest BCUT2D eigenvalue weighted by atomic mass is 10.0. The van der Waals surface area contributed by atoms with E-state index < -0.39 is 10.0 Å². The van der Waals surface area contributed by atoms with E-state index in [1.807, 2.05) is 24.3 Å². The lowest BCUT2D eigenvalue weighted by molar-refractivity contribution is -0.115. The summed E-state index contributed by atoms with van der Waals surface area (Å²) in [5.74, 6) is 0.461. The standard InChI is InChI=1S/C22H28N2O5S/c1-16(2)18-5-7-19(8-6-18)23-22(25)15-17-4-9-20(28-3)21(14-17)30(26,27)24-10-12-29-13-11-24/h4-9,14,16H,10-13,15H2,1-3H3,(H,23,25). The molecule has 0 saturated carbocycles. The van der Waals surface area contributed by atoms with Gasteiger partial charge in [-0.2, -0.15) is 4.31 Å². The van der Waals surface area contributed by atoms with Crippen molar-refractivity contribution in [2.24, 2.45) is 0 Å². The van der Waals surface area contributed by atoms with Gasteiger partial charge in [-0.05, 0) is 41.3 Å². The second-order valence-corrected chi connectivity index (χ2v) is 9.41. The number of carbonyl (C=O) groups is 1. The van der Waals surface area contributed by atoms with Crippen LogP contribution in [0, 0.1) is 0 Å². The van der Waals surface area contributed by atoms with Crippen molar-refractivity contribution in [2.45, 2.75) is 31.1 Å². The largest absolute Gasteiger partial charge is 0.495 e. The van der Waals surface area contributed by atoms with Crippen molar-refractivity contribution in [2.75, 3.05) is 38.7 Å². The molecule has 3 rings (SSSR count). The first-order chi connectivity index (χ1) is 14.3. The third kappa shape index (κ3) is 5.19. The molecule has 0 spiro atoms. The summed E-state index contributed by atoms with van der Waals surface area (Å²) in [4.78, 5) is 12.6. The number of methoxy groups -OCH3 is 1. The summed E-state index contributed by atoms with van der Waals surface area (Å²) in [6.45, 7) is 5.53. The first-order valence-electron chi connectivity index (χ1n) is 9.96. The van der Waals surface area contributed by atoms with Gasteiger partial charge in [0.1, 0.15) is 10.6 Å². The Bertz CT molecular complexity index is 981. The number of nitrogens with zero attached hydrogens (tertiary/aromatic N) is 1. The summed E-state index contributed by atoms with van der Waals surface area (Å²) in [7, 11) is -2.31. The molecule has 1 amide bonds. The minimum atomic E-state index is -3.74. The third-order valence-corrected chi connectivity index (χ3v) is 6.96. The Morgan fingerprint density at radius 2 is 1.80 bits per heavy atom. The minimum Gasteiger partial charge on any atom is -0.495 e. The number of hydrogen-bond donors (Lipinski definition) is 1. The van der Waals surface area contributed by atoms with Crippen molar-refractivity contribution in [1.82, 2.24) is 4.31 Å². The van der Waals surface area contributed by atoms with E-state index in [0.717, 1.165) is 0 Å². The van der Waals surface area contributed by atoms with Gasteiger partial charge in [0, 0.05) is 18.8 Å². The molecule has 7 nitrogen and oxygen atoms in total. The molecule has 0 unspecified atom stereocenters. The van der Waals surface area contributed by atoms with Crippen molar-refractivity contribution in [1.29, 1.82) is 0 Å². The number of benzene rings is 2. The molecular weight excluding hydrogens is 404 g/mol. The fourth-order valence-corrected chi connectivity index (χ4v) is 4.91. The normalized spacial score (nSPS) is 15.2. The zero-order chi connectivity index (χ0) is 21.7. The maximum atomic E-state index is 13.1. The number of sulfonamides is 1. The number of rotatable bonds is 7. The summed E-state index contributed by atoms with van der Waals surface area (Å²) in [6, 6.07) is 12.5. The van der Waals surface area contributed by atoms with Crippen LogP contribution in [0.2, 0.25) is 0 Å². The molecule has 0 bridgehead atoms. The molecular formula is C22H28N2O5S.